The molecule has 0 spiro atoms. The second-order valence-corrected chi connectivity index (χ2v) is 9.32. The molecule has 2 aromatic rings. The van der Waals surface area contributed by atoms with Gasteiger partial charge in [-0.25, -0.2) is 4.79 Å². The average molecular weight is 466 g/mol. The van der Waals surface area contributed by atoms with E-state index in [-0.39, 0.29) is 18.0 Å². The number of aliphatic hydroxyl groups is 1. The Morgan fingerprint density at radius 1 is 0.912 bits per heavy atom. The topological polar surface area (TPSA) is 90.9 Å². The molecule has 2 aromatic carbocycles. The second-order valence-electron chi connectivity index (χ2n) is 9.32. The van der Waals surface area contributed by atoms with Crippen molar-refractivity contribution in [2.75, 3.05) is 13.1 Å². The molecule has 0 bridgehead atoms. The lowest BCUT2D eigenvalue weighted by Gasteiger charge is -2.30. The molecule has 3 N–H and O–H groups in total. The third-order valence-corrected chi connectivity index (χ3v) is 6.71. The van der Waals surface area contributed by atoms with E-state index in [1.807, 2.05) is 30.3 Å². The molecule has 1 saturated heterocycles. The molecule has 34 heavy (non-hydrogen) atoms. The fourth-order valence-corrected chi connectivity index (χ4v) is 4.68. The lowest BCUT2D eigenvalue weighted by Crippen LogP contribution is -2.53. The van der Waals surface area contributed by atoms with Gasteiger partial charge in [0.25, 0.3) is 5.91 Å². The highest BCUT2D eigenvalue weighted by Gasteiger charge is 2.30. The van der Waals surface area contributed by atoms with Gasteiger partial charge in [0.1, 0.15) is 12.4 Å². The Labute approximate surface area is 201 Å². The van der Waals surface area contributed by atoms with Crippen LogP contribution in [0.15, 0.2) is 54.6 Å². The monoisotopic (exact) mass is 465 g/mol. The smallest absolute Gasteiger partial charge is 0.317 e. The van der Waals surface area contributed by atoms with Crippen molar-refractivity contribution in [3.63, 3.8) is 0 Å². The minimum absolute atomic E-state index is 0.0971. The number of hydrogen-bond donors (Lipinski definition) is 3. The Hall–Kier alpha value is -3.06. The molecule has 7 heteroatoms. The maximum atomic E-state index is 12.9. The highest BCUT2D eigenvalue weighted by molar-refractivity contribution is 5.94. The standard InChI is InChI=1S/C27H35N3O4/c31-25-12-7-17-30(27(33)28-22-10-5-2-6-11-22)18-24(25)29-26(32)21-13-15-23(16-14-21)34-19-20-8-3-1-4-9-20/h1,3-4,8-9,13-16,22,24-25,31H,2,5-7,10-12,17-19H2,(H,28,33)(H,29,32)/t24-,25+/m0/s1. The van der Waals surface area contributed by atoms with Gasteiger partial charge in [0.15, 0.2) is 0 Å². The quantitative estimate of drug-likeness (QED) is 0.604. The molecule has 4 rings (SSSR count). The second kappa shape index (κ2) is 11.9. The van der Waals surface area contributed by atoms with Crippen molar-refractivity contribution >= 4 is 11.9 Å². The van der Waals surface area contributed by atoms with Crippen molar-refractivity contribution in [2.24, 2.45) is 0 Å². The first-order valence-electron chi connectivity index (χ1n) is 12.4. The summed E-state index contributed by atoms with van der Waals surface area (Å²) in [7, 11) is 0. The molecule has 2 fully saturated rings. The number of benzene rings is 2. The Kier molecular flexibility index (Phi) is 8.41. The summed E-state index contributed by atoms with van der Waals surface area (Å²) < 4.78 is 5.79. The van der Waals surface area contributed by atoms with Crippen molar-refractivity contribution in [3.05, 3.63) is 65.7 Å². The molecule has 1 heterocycles. The SMILES string of the molecule is O=C(N[C@H]1CN(C(=O)NC2CCCCC2)CCC[C@H]1O)c1ccc(OCc2ccccc2)cc1. The predicted octanol–water partition coefficient (Wildman–Crippen LogP) is 3.86. The predicted molar refractivity (Wildman–Crippen MR) is 131 cm³/mol. The molecular formula is C27H35N3O4. The lowest BCUT2D eigenvalue weighted by molar-refractivity contribution is 0.0808. The number of nitrogens with one attached hydrogen (secondary N) is 2. The number of urea groups is 1. The van der Waals surface area contributed by atoms with Gasteiger partial charge >= 0.3 is 6.03 Å². The zero-order valence-corrected chi connectivity index (χ0v) is 19.6. The molecule has 1 aliphatic heterocycles. The summed E-state index contributed by atoms with van der Waals surface area (Å²) in [6.45, 7) is 1.33. The largest absolute Gasteiger partial charge is 0.489 e. The van der Waals surface area contributed by atoms with E-state index in [1.54, 1.807) is 29.2 Å². The number of carbonyl (C=O) groups is 2. The van der Waals surface area contributed by atoms with Gasteiger partial charge in [-0.2, -0.15) is 0 Å². The number of aliphatic hydroxyl groups excluding tert-OH is 1. The van der Waals surface area contributed by atoms with Crippen LogP contribution >= 0.6 is 0 Å². The number of carbonyl (C=O) groups excluding carboxylic acids is 2. The normalized spacial score (nSPS) is 21.4. The van der Waals surface area contributed by atoms with Crippen LogP contribution in [0.1, 0.15) is 60.9 Å². The highest BCUT2D eigenvalue weighted by atomic mass is 16.5. The van der Waals surface area contributed by atoms with Crippen molar-refractivity contribution < 1.29 is 19.4 Å². The minimum Gasteiger partial charge on any atom is -0.489 e. The van der Waals surface area contributed by atoms with Crippen LogP contribution in [-0.2, 0) is 6.61 Å². The van der Waals surface area contributed by atoms with Gasteiger partial charge in [-0.1, -0.05) is 49.6 Å². The van der Waals surface area contributed by atoms with E-state index in [9.17, 15) is 14.7 Å². The number of rotatable bonds is 6. The fourth-order valence-electron chi connectivity index (χ4n) is 4.68. The molecule has 2 atom stereocenters. The molecule has 2 aliphatic rings. The van der Waals surface area contributed by atoms with Crippen LogP contribution in [0.3, 0.4) is 0 Å². The first-order chi connectivity index (χ1) is 16.6. The van der Waals surface area contributed by atoms with Crippen molar-refractivity contribution in [2.45, 2.75) is 69.7 Å². The van der Waals surface area contributed by atoms with Crippen molar-refractivity contribution in [1.29, 1.82) is 0 Å². The number of ether oxygens (including phenoxy) is 1. The lowest BCUT2D eigenvalue weighted by atomic mass is 9.96. The molecular weight excluding hydrogens is 430 g/mol. The Morgan fingerprint density at radius 2 is 1.65 bits per heavy atom. The summed E-state index contributed by atoms with van der Waals surface area (Å²) in [4.78, 5) is 27.4. The maximum Gasteiger partial charge on any atom is 0.317 e. The fraction of sp³-hybridized carbons (Fsp3) is 0.481. The van der Waals surface area contributed by atoms with Gasteiger partial charge < -0.3 is 25.4 Å². The van der Waals surface area contributed by atoms with Crippen molar-refractivity contribution in [3.8, 4) is 5.75 Å². The zero-order valence-electron chi connectivity index (χ0n) is 19.6. The number of amides is 3. The summed E-state index contributed by atoms with van der Waals surface area (Å²) in [5.74, 6) is 0.411. The first kappa shape index (κ1) is 24.1. The third-order valence-electron chi connectivity index (χ3n) is 6.71. The van der Waals surface area contributed by atoms with Crippen LogP contribution in [-0.4, -0.2) is 53.2 Å². The van der Waals surface area contributed by atoms with E-state index in [0.29, 0.717) is 43.9 Å². The van der Waals surface area contributed by atoms with Crippen LogP contribution in [0.5, 0.6) is 5.75 Å². The van der Waals surface area contributed by atoms with E-state index in [1.165, 1.54) is 6.42 Å². The summed E-state index contributed by atoms with van der Waals surface area (Å²) >= 11 is 0. The Morgan fingerprint density at radius 3 is 2.38 bits per heavy atom. The molecule has 1 saturated carbocycles. The first-order valence-corrected chi connectivity index (χ1v) is 12.4. The molecule has 182 valence electrons. The van der Waals surface area contributed by atoms with Gasteiger partial charge in [-0.3, -0.25) is 4.79 Å². The van der Waals surface area contributed by atoms with Gasteiger partial charge in [-0.15, -0.1) is 0 Å². The van der Waals surface area contributed by atoms with E-state index in [2.05, 4.69) is 10.6 Å². The molecule has 0 unspecified atom stereocenters. The van der Waals surface area contributed by atoms with E-state index < -0.39 is 12.1 Å². The number of hydrogen-bond acceptors (Lipinski definition) is 4. The third kappa shape index (κ3) is 6.73. The summed E-state index contributed by atoms with van der Waals surface area (Å²) in [6, 6.07) is 16.5. The van der Waals surface area contributed by atoms with Gasteiger partial charge in [0.2, 0.25) is 0 Å². The van der Waals surface area contributed by atoms with Crippen LogP contribution in [0.2, 0.25) is 0 Å². The minimum atomic E-state index is -0.690. The van der Waals surface area contributed by atoms with E-state index in [4.69, 9.17) is 4.74 Å². The summed E-state index contributed by atoms with van der Waals surface area (Å²) in [6.07, 6.45) is 6.14. The summed E-state index contributed by atoms with van der Waals surface area (Å²) in [5.41, 5.74) is 1.56. The van der Waals surface area contributed by atoms with E-state index >= 15 is 0 Å². The maximum absolute atomic E-state index is 12.9. The van der Waals surface area contributed by atoms with Crippen LogP contribution in [0.25, 0.3) is 0 Å². The molecule has 1 aliphatic carbocycles. The number of nitrogens with zero attached hydrogens (tertiary/aromatic N) is 1. The summed E-state index contributed by atoms with van der Waals surface area (Å²) in [5, 5.41) is 16.7. The van der Waals surface area contributed by atoms with Gasteiger partial charge in [0, 0.05) is 24.7 Å². The van der Waals surface area contributed by atoms with Crippen LogP contribution in [0.4, 0.5) is 4.79 Å². The molecule has 0 radical (unpaired) electrons. The van der Waals surface area contributed by atoms with Crippen LogP contribution < -0.4 is 15.4 Å². The average Bonchev–Trinajstić information content (AvgIpc) is 3.05. The molecule has 7 nitrogen and oxygen atoms in total. The van der Waals surface area contributed by atoms with E-state index in [0.717, 1.165) is 31.2 Å². The van der Waals surface area contributed by atoms with Crippen molar-refractivity contribution in [1.82, 2.24) is 15.5 Å². The molecule has 0 aromatic heterocycles. The Bertz CT molecular complexity index is 929. The van der Waals surface area contributed by atoms with Gasteiger partial charge in [-0.05, 0) is 55.5 Å². The van der Waals surface area contributed by atoms with Gasteiger partial charge in [0.05, 0.1) is 12.1 Å². The highest BCUT2D eigenvalue weighted by Crippen LogP contribution is 2.19. The zero-order chi connectivity index (χ0) is 23.8. The number of likely N-dealkylation sites (tertiary alicyclic amines) is 1. The molecule has 3 amide bonds. The van der Waals surface area contributed by atoms with Crippen LogP contribution in [0, 0.1) is 0 Å². The Balaban J connectivity index is 1.31.